The number of nitrogens with zero attached hydrogens (tertiary/aromatic N) is 1. The molecule has 7 heteroatoms. The van der Waals surface area contributed by atoms with E-state index in [1.54, 1.807) is 10.5 Å². The maximum Gasteiger partial charge on any atom is 0.131 e. The first-order valence-electron chi connectivity index (χ1n) is 17.4. The van der Waals surface area contributed by atoms with Gasteiger partial charge in [-0.2, -0.15) is 5.57 Å². The number of nitrogens with one attached hydrogen (secondary N) is 1. The fraction of sp³-hybridized carbons (Fsp3) is 0.848. The quantitative estimate of drug-likeness (QED) is 0.213. The summed E-state index contributed by atoms with van der Waals surface area (Å²) in [5, 5.41) is 28.9. The van der Waals surface area contributed by atoms with Crippen LogP contribution in [-0.2, 0) is 24.8 Å². The topological polar surface area (TPSA) is 75.8 Å². The Morgan fingerprint density at radius 3 is 2.35 bits per heavy atom. The van der Waals surface area contributed by atoms with Gasteiger partial charge in [-0.05, 0) is 67.4 Å². The number of fused-ring (bicyclic) bond motifs is 3. The Hall–Kier alpha value is -0.0106. The molecule has 0 amide bonds. The summed E-state index contributed by atoms with van der Waals surface area (Å²) in [4.78, 5) is 1.56. The third kappa shape index (κ3) is 8.12. The van der Waals surface area contributed by atoms with E-state index >= 15 is 0 Å². The van der Waals surface area contributed by atoms with Gasteiger partial charge in [-0.3, -0.25) is 5.32 Å². The second-order valence-electron chi connectivity index (χ2n) is 12.4. The van der Waals surface area contributed by atoms with Crippen molar-refractivity contribution in [1.29, 1.82) is 0 Å². The second kappa shape index (κ2) is 16.2. The molecule has 2 saturated heterocycles. The van der Waals surface area contributed by atoms with E-state index in [1.165, 1.54) is 12.0 Å². The fourth-order valence-electron chi connectivity index (χ4n) is 7.46. The molecule has 2 fully saturated rings. The molecule has 0 bridgehead atoms. The van der Waals surface area contributed by atoms with Gasteiger partial charge in [0.2, 0.25) is 0 Å². The molecule has 8 atom stereocenters. The van der Waals surface area contributed by atoms with Crippen molar-refractivity contribution in [3.8, 4) is 0 Å². The summed E-state index contributed by atoms with van der Waals surface area (Å²) in [5.74, 6) is 2.63. The maximum atomic E-state index is 9.96. The monoisotopic (exact) mass is 756 g/mol. The van der Waals surface area contributed by atoms with Crippen LogP contribution in [0.4, 0.5) is 0 Å². The zero-order chi connectivity index (χ0) is 30.6. The maximum absolute atomic E-state index is 9.96. The molecule has 233 valence electrons. The van der Waals surface area contributed by atoms with Crippen molar-refractivity contribution in [1.82, 2.24) is 5.32 Å². The van der Waals surface area contributed by atoms with Crippen molar-refractivity contribution < 1.29 is 39.2 Å². The normalized spacial score (nSPS) is 34.2. The van der Waals surface area contributed by atoms with Gasteiger partial charge in [0.1, 0.15) is 6.23 Å². The molecule has 40 heavy (non-hydrogen) atoms. The van der Waals surface area contributed by atoms with Crippen molar-refractivity contribution in [3.63, 3.8) is 0 Å². The number of hydrogen-bond donors (Lipinski definition) is 3. The predicted octanol–water partition coefficient (Wildman–Crippen LogP) is 7.49. The van der Waals surface area contributed by atoms with Gasteiger partial charge in [-0.1, -0.05) is 72.3 Å². The van der Waals surface area contributed by atoms with Crippen LogP contribution in [0.1, 0.15) is 116 Å². The number of ether oxygens (including phenoxy) is 1. The van der Waals surface area contributed by atoms with Gasteiger partial charge in [0, 0.05) is 41.4 Å². The largest absolute Gasteiger partial charge is 0.654 e. The van der Waals surface area contributed by atoms with E-state index in [0.29, 0.717) is 41.8 Å². The summed E-state index contributed by atoms with van der Waals surface area (Å²) in [7, 11) is 0. The van der Waals surface area contributed by atoms with Crippen molar-refractivity contribution in [3.05, 3.63) is 33.5 Å². The second-order valence-corrected chi connectivity index (χ2v) is 14.0. The van der Waals surface area contributed by atoms with Crippen molar-refractivity contribution >= 4 is 11.8 Å². The van der Waals surface area contributed by atoms with Gasteiger partial charge < -0.3 is 20.3 Å². The number of rotatable bonds is 9. The van der Waals surface area contributed by atoms with E-state index in [0.717, 1.165) is 63.7 Å². The number of allylic oxidation sites excluding steroid dienone is 1. The first-order valence-corrected chi connectivity index (χ1v) is 16.8. The van der Waals surface area contributed by atoms with E-state index in [-0.39, 0.29) is 44.6 Å². The van der Waals surface area contributed by atoms with Gasteiger partial charge in [-0.15, -0.1) is 30.8 Å². The number of piperidine rings is 1. The summed E-state index contributed by atoms with van der Waals surface area (Å²) < 4.78 is 29.6. The zero-order valence-electron chi connectivity index (χ0n) is 28.3. The minimum atomic E-state index is -1.95. The van der Waals surface area contributed by atoms with Crippen molar-refractivity contribution in [2.45, 2.75) is 148 Å². The van der Waals surface area contributed by atoms with Crippen LogP contribution in [0.5, 0.6) is 0 Å². The number of thioether (sulfide) groups is 1. The van der Waals surface area contributed by atoms with Gasteiger partial charge in [-0.25, -0.2) is 6.42 Å². The summed E-state index contributed by atoms with van der Waals surface area (Å²) in [6.45, 7) is 9.62. The molecule has 0 aromatic rings. The van der Waals surface area contributed by atoms with Gasteiger partial charge in [0.15, 0.2) is 0 Å². The SMILES string of the molecule is CCC(CC)[C@H](O)C[C@H](O)C(CC)CC.[2H]C([2H])([2H])C1CCC2[C@@H]3CC[CH-]C([C@H]4CC5=C(C[N-]4)C[C@H](C)S5)=C3O[C@@H]2N1.[Ir]. The molecule has 5 aliphatic rings. The Bertz CT molecular complexity index is 940. The molecule has 0 spiro atoms. The predicted molar refractivity (Wildman–Crippen MR) is 164 cm³/mol. The Labute approximate surface area is 267 Å². The first kappa shape index (κ1) is 30.0. The molecule has 4 heterocycles. The van der Waals surface area contributed by atoms with E-state index < -0.39 is 12.9 Å². The van der Waals surface area contributed by atoms with Crippen LogP contribution in [-0.4, -0.2) is 52.5 Å². The minimum absolute atomic E-state index is 0. The van der Waals surface area contributed by atoms with Gasteiger partial charge >= 0.3 is 0 Å². The first-order chi connectivity index (χ1) is 20.0. The molecular weight excluding hydrogens is 697 g/mol. The average molecular weight is 756 g/mol. The number of aliphatic hydroxyl groups is 2. The third-order valence-corrected chi connectivity index (χ3v) is 11.3. The standard InChI is InChI=1S/C20H28N2OS.C13H28O2.Ir/c1-11-6-7-15-14-4-3-5-16(19(14)23-20(15)22-11)17-9-18-13(10-21-17)8-12(2)24-18;1-5-10(6-2)12(14)9-13(15)11(7-3)8-4;/h5,11-12,14-15,17,20,22H,3-4,6-10H2,1-2H3;10-15H,5-9H2,1-4H3;/q-2;;/t11?,12-,14-,15?,17+,20-;12-,13+;/m0../s1/i1D3;;. The van der Waals surface area contributed by atoms with E-state index in [4.69, 9.17) is 14.2 Å². The summed E-state index contributed by atoms with van der Waals surface area (Å²) in [6, 6.07) is -0.228. The van der Waals surface area contributed by atoms with E-state index in [1.807, 2.05) is 11.8 Å². The Kier molecular flexibility index (Phi) is 12.1. The van der Waals surface area contributed by atoms with E-state index in [2.05, 4.69) is 46.4 Å². The molecule has 0 saturated carbocycles. The van der Waals surface area contributed by atoms with Crippen molar-refractivity contribution in [2.75, 3.05) is 6.54 Å². The molecule has 1 aliphatic carbocycles. The summed E-state index contributed by atoms with van der Waals surface area (Å²) in [5.41, 5.74) is 2.84. The van der Waals surface area contributed by atoms with E-state index in [9.17, 15) is 10.2 Å². The molecule has 0 aromatic carbocycles. The average Bonchev–Trinajstić information content (AvgIpc) is 3.52. The van der Waals surface area contributed by atoms with Crippen LogP contribution < -0.4 is 5.32 Å². The van der Waals surface area contributed by atoms with Crippen LogP contribution in [0.15, 0.2) is 21.8 Å². The molecule has 1 radical (unpaired) electrons. The van der Waals surface area contributed by atoms with Crippen LogP contribution in [0.25, 0.3) is 5.32 Å². The minimum Gasteiger partial charge on any atom is -0.654 e. The smallest absolute Gasteiger partial charge is 0.131 e. The Morgan fingerprint density at radius 2 is 1.73 bits per heavy atom. The van der Waals surface area contributed by atoms with Crippen molar-refractivity contribution in [2.24, 2.45) is 23.7 Å². The molecule has 4 aliphatic heterocycles. The summed E-state index contributed by atoms with van der Waals surface area (Å²) >= 11 is 2.03. The molecule has 0 aromatic heterocycles. The fourth-order valence-corrected chi connectivity index (χ4v) is 8.79. The third-order valence-electron chi connectivity index (χ3n) is 9.96. The van der Waals surface area contributed by atoms with Gasteiger partial charge in [0.25, 0.3) is 0 Å². The van der Waals surface area contributed by atoms with Gasteiger partial charge in [0.05, 0.1) is 12.2 Å². The Morgan fingerprint density at radius 1 is 1.05 bits per heavy atom. The number of hydrogen-bond acceptors (Lipinski definition) is 5. The number of aliphatic hydroxyl groups excluding tert-OH is 2. The molecule has 5 rings (SSSR count). The summed E-state index contributed by atoms with van der Waals surface area (Å²) in [6.07, 6.45) is 12.1. The Balaban J connectivity index is 0.000000274. The van der Waals surface area contributed by atoms with Crippen LogP contribution in [0, 0.1) is 30.1 Å². The molecular formula is C33H56IrN2O3S-2. The zero-order valence-corrected chi connectivity index (χ0v) is 28.5. The van der Waals surface area contributed by atoms with Crippen LogP contribution >= 0.6 is 11.8 Å². The van der Waals surface area contributed by atoms with Crippen LogP contribution in [0.3, 0.4) is 0 Å². The molecule has 5 nitrogen and oxygen atoms in total. The van der Waals surface area contributed by atoms with Crippen LogP contribution in [0.2, 0.25) is 0 Å². The molecule has 3 N–H and O–H groups in total. The molecule has 2 unspecified atom stereocenters.